The largest absolute Gasteiger partial charge is 0.313 e. The molecule has 0 spiro atoms. The number of hydrogen-bond acceptors (Lipinski definition) is 2. The van der Waals surface area contributed by atoms with Crippen molar-refractivity contribution in [2.24, 2.45) is 11.8 Å². The van der Waals surface area contributed by atoms with Crippen molar-refractivity contribution in [1.82, 2.24) is 10.2 Å². The van der Waals surface area contributed by atoms with Crippen LogP contribution >= 0.6 is 11.6 Å². The molecule has 1 heterocycles. The number of nitrogens with zero attached hydrogens (tertiary/aromatic N) is 1. The van der Waals surface area contributed by atoms with Gasteiger partial charge in [-0.25, -0.2) is 0 Å². The van der Waals surface area contributed by atoms with Gasteiger partial charge in [0.2, 0.25) is 0 Å². The number of benzene rings is 1. The van der Waals surface area contributed by atoms with Gasteiger partial charge in [-0.15, -0.1) is 0 Å². The summed E-state index contributed by atoms with van der Waals surface area (Å²) in [6, 6.07) is 9.33. The first kappa shape index (κ1) is 16.8. The zero-order valence-corrected chi connectivity index (χ0v) is 14.5. The van der Waals surface area contributed by atoms with Crippen LogP contribution in [0.3, 0.4) is 0 Å². The molecule has 1 aromatic carbocycles. The molecule has 0 saturated carbocycles. The van der Waals surface area contributed by atoms with E-state index in [9.17, 15) is 0 Å². The zero-order valence-electron chi connectivity index (χ0n) is 13.8. The fourth-order valence-corrected chi connectivity index (χ4v) is 3.72. The molecule has 1 saturated heterocycles. The Labute approximate surface area is 134 Å². The Morgan fingerprint density at radius 3 is 2.52 bits per heavy atom. The first-order valence-electron chi connectivity index (χ1n) is 8.18. The van der Waals surface area contributed by atoms with Gasteiger partial charge in [-0.1, -0.05) is 37.6 Å². The average Bonchev–Trinajstić information content (AvgIpc) is 2.46. The van der Waals surface area contributed by atoms with Crippen LogP contribution in [0.25, 0.3) is 0 Å². The second-order valence-corrected chi connectivity index (χ2v) is 7.17. The number of rotatable bonds is 5. The standard InChI is InChI=1S/C18H29ClN2/c1-13-11-14(2)15(3)21(12-13)10-9-18(20-4)16-5-7-17(19)8-6-16/h5-8,13-15,18,20H,9-12H2,1-4H3. The van der Waals surface area contributed by atoms with Crippen molar-refractivity contribution in [3.8, 4) is 0 Å². The quantitative estimate of drug-likeness (QED) is 0.869. The fraction of sp³-hybridized carbons (Fsp3) is 0.667. The first-order chi connectivity index (χ1) is 10.0. The topological polar surface area (TPSA) is 15.3 Å². The summed E-state index contributed by atoms with van der Waals surface area (Å²) >= 11 is 5.98. The van der Waals surface area contributed by atoms with Gasteiger partial charge in [-0.2, -0.15) is 0 Å². The summed E-state index contributed by atoms with van der Waals surface area (Å²) in [6.07, 6.45) is 2.51. The molecule has 0 amide bonds. The molecule has 0 aromatic heterocycles. The summed E-state index contributed by atoms with van der Waals surface area (Å²) in [5.41, 5.74) is 1.33. The molecule has 0 bridgehead atoms. The normalized spacial score (nSPS) is 28.5. The Balaban J connectivity index is 1.94. The van der Waals surface area contributed by atoms with Gasteiger partial charge in [0.15, 0.2) is 0 Å². The molecule has 1 aromatic rings. The maximum Gasteiger partial charge on any atom is 0.0406 e. The number of halogens is 1. The van der Waals surface area contributed by atoms with Crippen LogP contribution in [0, 0.1) is 11.8 Å². The van der Waals surface area contributed by atoms with Gasteiger partial charge < -0.3 is 10.2 Å². The molecule has 1 aliphatic rings. The van der Waals surface area contributed by atoms with Crippen LogP contribution < -0.4 is 5.32 Å². The first-order valence-corrected chi connectivity index (χ1v) is 8.55. The fourth-order valence-electron chi connectivity index (χ4n) is 3.60. The number of hydrogen-bond donors (Lipinski definition) is 1. The maximum absolute atomic E-state index is 5.98. The van der Waals surface area contributed by atoms with Gasteiger partial charge >= 0.3 is 0 Å². The molecule has 2 rings (SSSR count). The summed E-state index contributed by atoms with van der Waals surface area (Å²) in [5, 5.41) is 4.25. The highest BCUT2D eigenvalue weighted by Crippen LogP contribution is 2.28. The minimum absolute atomic E-state index is 0.405. The minimum atomic E-state index is 0.405. The van der Waals surface area contributed by atoms with Crippen molar-refractivity contribution in [2.75, 3.05) is 20.1 Å². The summed E-state index contributed by atoms with van der Waals surface area (Å²) in [6.45, 7) is 9.55. The number of likely N-dealkylation sites (tertiary alicyclic amines) is 1. The Morgan fingerprint density at radius 2 is 1.90 bits per heavy atom. The third-order valence-electron chi connectivity index (χ3n) is 5.05. The van der Waals surface area contributed by atoms with Gasteiger partial charge in [0.1, 0.15) is 0 Å². The Kier molecular flexibility index (Phi) is 6.09. The van der Waals surface area contributed by atoms with E-state index in [1.807, 2.05) is 19.2 Å². The predicted molar refractivity (Wildman–Crippen MR) is 91.8 cm³/mol. The van der Waals surface area contributed by atoms with E-state index < -0.39 is 0 Å². The van der Waals surface area contributed by atoms with E-state index in [0.717, 1.165) is 29.8 Å². The van der Waals surface area contributed by atoms with E-state index in [4.69, 9.17) is 11.6 Å². The number of nitrogens with one attached hydrogen (secondary N) is 1. The van der Waals surface area contributed by atoms with Crippen molar-refractivity contribution in [3.63, 3.8) is 0 Å². The van der Waals surface area contributed by atoms with E-state index in [2.05, 4.69) is 43.1 Å². The molecule has 4 unspecified atom stereocenters. The van der Waals surface area contributed by atoms with E-state index >= 15 is 0 Å². The van der Waals surface area contributed by atoms with Crippen LogP contribution in [0.4, 0.5) is 0 Å². The second-order valence-electron chi connectivity index (χ2n) is 6.74. The molecule has 21 heavy (non-hydrogen) atoms. The maximum atomic E-state index is 5.98. The Hall–Kier alpha value is -0.570. The van der Waals surface area contributed by atoms with Gasteiger partial charge in [-0.3, -0.25) is 0 Å². The molecule has 1 aliphatic heterocycles. The highest BCUT2D eigenvalue weighted by Gasteiger charge is 2.28. The van der Waals surface area contributed by atoms with E-state index in [1.54, 1.807) is 0 Å². The molecule has 2 nitrogen and oxygen atoms in total. The summed E-state index contributed by atoms with van der Waals surface area (Å²) < 4.78 is 0. The van der Waals surface area contributed by atoms with Crippen LogP contribution in [0.2, 0.25) is 5.02 Å². The number of piperidine rings is 1. The molecule has 4 atom stereocenters. The molecular formula is C18H29ClN2. The molecule has 0 aliphatic carbocycles. The van der Waals surface area contributed by atoms with Crippen LogP contribution in [0.1, 0.15) is 45.2 Å². The third kappa shape index (κ3) is 4.45. The van der Waals surface area contributed by atoms with Crippen molar-refractivity contribution >= 4 is 11.6 Å². The van der Waals surface area contributed by atoms with E-state index in [0.29, 0.717) is 12.1 Å². The van der Waals surface area contributed by atoms with Crippen LogP contribution in [0.15, 0.2) is 24.3 Å². The average molecular weight is 309 g/mol. The van der Waals surface area contributed by atoms with E-state index in [1.165, 1.54) is 18.5 Å². The lowest BCUT2D eigenvalue weighted by Gasteiger charge is -2.41. The highest BCUT2D eigenvalue weighted by atomic mass is 35.5. The minimum Gasteiger partial charge on any atom is -0.313 e. The molecule has 1 fully saturated rings. The predicted octanol–water partition coefficient (Wildman–Crippen LogP) is 4.36. The lowest BCUT2D eigenvalue weighted by atomic mass is 9.85. The van der Waals surface area contributed by atoms with Crippen LogP contribution in [-0.4, -0.2) is 31.1 Å². The third-order valence-corrected chi connectivity index (χ3v) is 5.30. The molecule has 118 valence electrons. The van der Waals surface area contributed by atoms with Crippen LogP contribution in [0.5, 0.6) is 0 Å². The SMILES string of the molecule is CNC(CCN1CC(C)CC(C)C1C)c1ccc(Cl)cc1. The van der Waals surface area contributed by atoms with Crippen molar-refractivity contribution < 1.29 is 0 Å². The van der Waals surface area contributed by atoms with E-state index in [-0.39, 0.29) is 0 Å². The smallest absolute Gasteiger partial charge is 0.0406 e. The molecular weight excluding hydrogens is 280 g/mol. The highest BCUT2D eigenvalue weighted by molar-refractivity contribution is 6.30. The Bertz CT molecular complexity index is 431. The molecule has 3 heteroatoms. The molecule has 1 N–H and O–H groups in total. The van der Waals surface area contributed by atoms with Crippen LogP contribution in [-0.2, 0) is 0 Å². The monoisotopic (exact) mass is 308 g/mol. The van der Waals surface area contributed by atoms with Crippen molar-refractivity contribution in [3.05, 3.63) is 34.9 Å². The van der Waals surface area contributed by atoms with Crippen molar-refractivity contribution in [1.29, 1.82) is 0 Å². The lowest BCUT2D eigenvalue weighted by molar-refractivity contribution is 0.0760. The van der Waals surface area contributed by atoms with Crippen molar-refractivity contribution in [2.45, 2.75) is 45.7 Å². The Morgan fingerprint density at radius 1 is 1.24 bits per heavy atom. The zero-order chi connectivity index (χ0) is 15.4. The lowest BCUT2D eigenvalue weighted by Crippen LogP contribution is -2.46. The summed E-state index contributed by atoms with van der Waals surface area (Å²) in [5.74, 6) is 1.62. The second kappa shape index (κ2) is 7.62. The summed E-state index contributed by atoms with van der Waals surface area (Å²) in [7, 11) is 2.05. The molecule has 0 radical (unpaired) electrons. The van der Waals surface area contributed by atoms with Gasteiger partial charge in [0.25, 0.3) is 0 Å². The summed E-state index contributed by atoms with van der Waals surface area (Å²) in [4.78, 5) is 2.67. The van der Waals surface area contributed by atoms with Gasteiger partial charge in [0, 0.05) is 30.2 Å². The van der Waals surface area contributed by atoms with Gasteiger partial charge in [0.05, 0.1) is 0 Å². The van der Waals surface area contributed by atoms with Gasteiger partial charge in [-0.05, 0) is 56.3 Å².